The van der Waals surface area contributed by atoms with E-state index in [2.05, 4.69) is 0 Å². The van der Waals surface area contributed by atoms with Crippen molar-refractivity contribution in [3.8, 4) is 6.07 Å². The van der Waals surface area contributed by atoms with Crippen LogP contribution < -0.4 is 0 Å². The molecule has 1 unspecified atom stereocenters. The Kier molecular flexibility index (Phi) is 4.27. The molecule has 1 saturated heterocycles. The number of aliphatic carboxylic acids is 1. The van der Waals surface area contributed by atoms with E-state index in [0.29, 0.717) is 5.56 Å². The highest BCUT2D eigenvalue weighted by molar-refractivity contribution is 7.89. The third kappa shape index (κ3) is 2.76. The molecular formula is C13H14N2O5S. The number of benzene rings is 1. The lowest BCUT2D eigenvalue weighted by Gasteiger charge is -2.32. The van der Waals surface area contributed by atoms with Crippen LogP contribution in [-0.4, -0.2) is 49.6 Å². The summed E-state index contributed by atoms with van der Waals surface area (Å²) in [6.07, 6.45) is 0. The van der Waals surface area contributed by atoms with Gasteiger partial charge in [-0.1, -0.05) is 12.1 Å². The van der Waals surface area contributed by atoms with Gasteiger partial charge in [-0.25, -0.2) is 8.42 Å². The van der Waals surface area contributed by atoms with E-state index in [4.69, 9.17) is 15.1 Å². The van der Waals surface area contributed by atoms with E-state index in [9.17, 15) is 13.2 Å². The number of aryl methyl sites for hydroxylation is 1. The number of sulfonamides is 1. The third-order valence-electron chi connectivity index (χ3n) is 3.30. The first kappa shape index (κ1) is 15.4. The van der Waals surface area contributed by atoms with Crippen molar-refractivity contribution in [2.24, 2.45) is 0 Å². The van der Waals surface area contributed by atoms with Gasteiger partial charge in [0.15, 0.2) is 0 Å². The van der Waals surface area contributed by atoms with Crippen molar-refractivity contribution < 1.29 is 23.1 Å². The largest absolute Gasteiger partial charge is 0.480 e. The van der Waals surface area contributed by atoms with Gasteiger partial charge < -0.3 is 9.84 Å². The number of hydrogen-bond donors (Lipinski definition) is 1. The zero-order valence-electron chi connectivity index (χ0n) is 11.3. The van der Waals surface area contributed by atoms with Crippen LogP contribution in [0.1, 0.15) is 11.1 Å². The van der Waals surface area contributed by atoms with Gasteiger partial charge in [-0.05, 0) is 18.6 Å². The summed E-state index contributed by atoms with van der Waals surface area (Å²) in [4.78, 5) is 11.0. The van der Waals surface area contributed by atoms with E-state index in [-0.39, 0.29) is 30.2 Å². The number of nitriles is 1. The van der Waals surface area contributed by atoms with Crippen molar-refractivity contribution in [1.82, 2.24) is 4.31 Å². The average molecular weight is 310 g/mol. The molecule has 21 heavy (non-hydrogen) atoms. The Hall–Kier alpha value is -1.95. The number of carbonyl (C=O) groups is 1. The Labute approximate surface area is 122 Å². The Morgan fingerprint density at radius 1 is 1.52 bits per heavy atom. The topological polar surface area (TPSA) is 108 Å². The van der Waals surface area contributed by atoms with Crippen LogP contribution in [0, 0.1) is 18.3 Å². The minimum atomic E-state index is -4.07. The highest BCUT2D eigenvalue weighted by atomic mass is 32.2. The molecule has 1 heterocycles. The van der Waals surface area contributed by atoms with E-state index in [1.807, 2.05) is 6.07 Å². The molecule has 0 spiro atoms. The van der Waals surface area contributed by atoms with Gasteiger partial charge in [-0.15, -0.1) is 0 Å². The first-order valence-electron chi connectivity index (χ1n) is 6.21. The molecule has 0 saturated carbocycles. The van der Waals surface area contributed by atoms with Crippen molar-refractivity contribution in [3.05, 3.63) is 29.3 Å². The molecule has 2 rings (SSSR count). The molecule has 1 atom stereocenters. The number of morpholine rings is 1. The number of nitrogens with zero attached hydrogens (tertiary/aromatic N) is 2. The fraction of sp³-hybridized carbons (Fsp3) is 0.385. The van der Waals surface area contributed by atoms with Crippen LogP contribution in [0.25, 0.3) is 0 Å². The van der Waals surface area contributed by atoms with Crippen molar-refractivity contribution in [1.29, 1.82) is 5.26 Å². The molecular weight excluding hydrogens is 296 g/mol. The van der Waals surface area contributed by atoms with Crippen LogP contribution in [0.2, 0.25) is 0 Å². The van der Waals surface area contributed by atoms with Gasteiger partial charge in [-0.2, -0.15) is 9.57 Å². The number of ether oxygens (including phenoxy) is 1. The highest BCUT2D eigenvalue weighted by Crippen LogP contribution is 2.25. The average Bonchev–Trinajstić information content (AvgIpc) is 2.46. The smallest absolute Gasteiger partial charge is 0.324 e. The van der Waals surface area contributed by atoms with E-state index in [0.717, 1.165) is 4.31 Å². The maximum Gasteiger partial charge on any atom is 0.324 e. The lowest BCUT2D eigenvalue weighted by Crippen LogP contribution is -2.52. The summed E-state index contributed by atoms with van der Waals surface area (Å²) in [7, 11) is -4.07. The maximum atomic E-state index is 12.7. The Morgan fingerprint density at radius 2 is 2.24 bits per heavy atom. The molecule has 0 radical (unpaired) electrons. The summed E-state index contributed by atoms with van der Waals surface area (Å²) in [5, 5.41) is 18.3. The normalized spacial score (nSPS) is 19.9. The first-order valence-corrected chi connectivity index (χ1v) is 7.65. The predicted molar refractivity (Wildman–Crippen MR) is 72.0 cm³/mol. The molecule has 7 nitrogen and oxygen atoms in total. The fourth-order valence-corrected chi connectivity index (χ4v) is 3.96. The predicted octanol–water partition coefficient (Wildman–Crippen LogP) is 0.341. The highest BCUT2D eigenvalue weighted by Gasteiger charge is 2.39. The second-order valence-corrected chi connectivity index (χ2v) is 6.46. The van der Waals surface area contributed by atoms with Crippen molar-refractivity contribution in [2.45, 2.75) is 17.9 Å². The monoisotopic (exact) mass is 310 g/mol. The molecule has 1 aliphatic heterocycles. The van der Waals surface area contributed by atoms with Gasteiger partial charge >= 0.3 is 5.97 Å². The van der Waals surface area contributed by atoms with E-state index >= 15 is 0 Å². The number of rotatable bonds is 3. The number of hydrogen-bond acceptors (Lipinski definition) is 5. The molecule has 1 aromatic rings. The molecule has 0 bridgehead atoms. The standard InChI is InChI=1S/C13H14N2O5S/c1-9-3-2-4-12(10(9)7-14)21(18,19)15-5-6-20-8-11(15)13(16)17/h2-4,11H,5-6,8H2,1H3,(H,16,17). The first-order chi connectivity index (χ1) is 9.89. The van der Waals surface area contributed by atoms with Gasteiger partial charge in [0.25, 0.3) is 0 Å². The summed E-state index contributed by atoms with van der Waals surface area (Å²) in [5.41, 5.74) is 0.562. The zero-order valence-corrected chi connectivity index (χ0v) is 12.1. The van der Waals surface area contributed by atoms with Crippen LogP contribution in [0.15, 0.2) is 23.1 Å². The van der Waals surface area contributed by atoms with Gasteiger partial charge in [0.05, 0.1) is 18.8 Å². The Balaban J connectivity index is 2.54. The summed E-state index contributed by atoms with van der Waals surface area (Å²) in [5.74, 6) is -1.27. The van der Waals surface area contributed by atoms with Gasteiger partial charge in [-0.3, -0.25) is 4.79 Å². The summed E-state index contributed by atoms with van der Waals surface area (Å²) in [6.45, 7) is 1.49. The number of carboxylic acids is 1. The second kappa shape index (κ2) is 5.81. The van der Waals surface area contributed by atoms with Gasteiger partial charge in [0.2, 0.25) is 10.0 Å². The van der Waals surface area contributed by atoms with Crippen molar-refractivity contribution in [2.75, 3.05) is 19.8 Å². The molecule has 1 fully saturated rings. The summed E-state index contributed by atoms with van der Waals surface area (Å²) in [6, 6.07) is 5.06. The van der Waals surface area contributed by atoms with E-state index < -0.39 is 22.0 Å². The summed E-state index contributed by atoms with van der Waals surface area (Å²) >= 11 is 0. The quantitative estimate of drug-likeness (QED) is 0.862. The lowest BCUT2D eigenvalue weighted by atomic mass is 10.1. The van der Waals surface area contributed by atoms with Gasteiger partial charge in [0.1, 0.15) is 17.0 Å². The molecule has 0 aromatic heterocycles. The minimum Gasteiger partial charge on any atom is -0.480 e. The van der Waals surface area contributed by atoms with Crippen LogP contribution in [0.4, 0.5) is 0 Å². The van der Waals surface area contributed by atoms with E-state index in [1.54, 1.807) is 13.0 Å². The Morgan fingerprint density at radius 3 is 2.86 bits per heavy atom. The van der Waals surface area contributed by atoms with E-state index in [1.165, 1.54) is 12.1 Å². The van der Waals surface area contributed by atoms with Crippen LogP contribution in [0.3, 0.4) is 0 Å². The molecule has 1 N–H and O–H groups in total. The van der Waals surface area contributed by atoms with Crippen molar-refractivity contribution in [3.63, 3.8) is 0 Å². The van der Waals surface area contributed by atoms with Crippen LogP contribution in [-0.2, 0) is 19.6 Å². The van der Waals surface area contributed by atoms with Crippen LogP contribution in [0.5, 0.6) is 0 Å². The molecule has 1 aliphatic rings. The minimum absolute atomic E-state index is 0.0353. The second-order valence-electron chi connectivity index (χ2n) is 4.60. The summed E-state index contributed by atoms with van der Waals surface area (Å²) < 4.78 is 31.3. The fourth-order valence-electron chi connectivity index (χ4n) is 2.20. The number of carboxylic acid groups (broad SMARTS) is 1. The molecule has 112 valence electrons. The SMILES string of the molecule is Cc1cccc(S(=O)(=O)N2CCOCC2C(=O)O)c1C#N. The third-order valence-corrected chi connectivity index (χ3v) is 5.25. The zero-order chi connectivity index (χ0) is 15.6. The molecule has 0 aliphatic carbocycles. The molecule has 1 aromatic carbocycles. The van der Waals surface area contributed by atoms with Gasteiger partial charge in [0, 0.05) is 6.54 Å². The van der Waals surface area contributed by atoms with Crippen LogP contribution >= 0.6 is 0 Å². The molecule has 0 amide bonds. The van der Waals surface area contributed by atoms with Crippen molar-refractivity contribution >= 4 is 16.0 Å². The molecule has 8 heteroatoms. The maximum absolute atomic E-state index is 12.7. The lowest BCUT2D eigenvalue weighted by molar-refractivity contribution is -0.146. The Bertz CT molecular complexity index is 708.